The molecule has 0 unspecified atom stereocenters. The molecule has 4 N–H and O–H groups in total. The van der Waals surface area contributed by atoms with E-state index in [9.17, 15) is 9.59 Å². The van der Waals surface area contributed by atoms with E-state index in [0.717, 1.165) is 40.6 Å². The molecule has 4 rings (SSSR count). The lowest BCUT2D eigenvalue weighted by molar-refractivity contribution is -0.134. The van der Waals surface area contributed by atoms with Gasteiger partial charge in [-0.25, -0.2) is 24.5 Å². The Balaban J connectivity index is 0.000000414. The van der Waals surface area contributed by atoms with Gasteiger partial charge >= 0.3 is 11.9 Å². The van der Waals surface area contributed by atoms with E-state index in [0.29, 0.717) is 18.1 Å². The van der Waals surface area contributed by atoms with Gasteiger partial charge in [0.15, 0.2) is 0 Å². The Hall–Kier alpha value is -3.79. The van der Waals surface area contributed by atoms with Crippen LogP contribution in [0, 0.1) is 26.7 Å². The maximum absolute atomic E-state index is 9.55. The van der Waals surface area contributed by atoms with E-state index < -0.39 is 11.9 Å². The number of aromatic nitrogens is 4. The molecule has 1 aliphatic rings. The standard InChI is InChI=1S/C23H32N6.C4H4O4/c1-15-12-16(2)21-20(13-15)27-22(28-21)19-14-25-23(26-17(19)3)24-9-5-6-18-7-10-29(4)11-8-18;5-3(6)1-2-4(7)8/h12-14,18H,5-11H2,1-4H3,(H,27,28)(H,24,25,26);1-2H,(H,5,6)(H,7,8)/b;2-1+. The first-order chi connectivity index (χ1) is 17.6. The Morgan fingerprint density at radius 3 is 2.41 bits per heavy atom. The van der Waals surface area contributed by atoms with Gasteiger partial charge in [-0.15, -0.1) is 0 Å². The van der Waals surface area contributed by atoms with Gasteiger partial charge < -0.3 is 25.4 Å². The topological polar surface area (TPSA) is 144 Å². The second-order valence-electron chi connectivity index (χ2n) is 9.58. The number of aromatic amines is 1. The van der Waals surface area contributed by atoms with Crippen LogP contribution in [0.2, 0.25) is 0 Å². The van der Waals surface area contributed by atoms with Crippen LogP contribution in [-0.2, 0) is 9.59 Å². The minimum atomic E-state index is -1.26. The normalized spacial score (nSPS) is 14.5. The summed E-state index contributed by atoms with van der Waals surface area (Å²) in [5.74, 6) is -0.101. The Bertz CT molecular complexity index is 1250. The summed E-state index contributed by atoms with van der Waals surface area (Å²) in [5, 5.41) is 19.0. The fourth-order valence-corrected chi connectivity index (χ4v) is 4.47. The van der Waals surface area contributed by atoms with E-state index in [-0.39, 0.29) is 0 Å². The molecule has 0 bridgehead atoms. The smallest absolute Gasteiger partial charge is 0.328 e. The number of carboxylic acids is 2. The lowest BCUT2D eigenvalue weighted by atomic mass is 9.92. The van der Waals surface area contributed by atoms with Gasteiger partial charge in [0.05, 0.1) is 22.3 Å². The molecule has 198 valence electrons. The predicted molar refractivity (Wildman–Crippen MR) is 144 cm³/mol. The van der Waals surface area contributed by atoms with Gasteiger partial charge in [0.2, 0.25) is 5.95 Å². The lowest BCUT2D eigenvalue weighted by Crippen LogP contribution is -2.30. The van der Waals surface area contributed by atoms with Crippen LogP contribution in [0.5, 0.6) is 0 Å². The maximum atomic E-state index is 9.55. The summed E-state index contributed by atoms with van der Waals surface area (Å²) in [6, 6.07) is 4.30. The van der Waals surface area contributed by atoms with Crippen LogP contribution >= 0.6 is 0 Å². The zero-order valence-corrected chi connectivity index (χ0v) is 21.9. The summed E-state index contributed by atoms with van der Waals surface area (Å²) in [4.78, 5) is 38.9. The van der Waals surface area contributed by atoms with Crippen molar-refractivity contribution in [3.63, 3.8) is 0 Å². The number of imidazole rings is 1. The molecule has 1 saturated heterocycles. The van der Waals surface area contributed by atoms with Gasteiger partial charge in [0, 0.05) is 24.9 Å². The zero-order chi connectivity index (χ0) is 26.9. The molecule has 1 aromatic carbocycles. The molecule has 3 heterocycles. The molecule has 1 fully saturated rings. The average molecular weight is 509 g/mol. The number of nitrogens with zero attached hydrogens (tertiary/aromatic N) is 4. The fraction of sp³-hybridized carbons (Fsp3) is 0.444. The largest absolute Gasteiger partial charge is 0.478 e. The molecular formula is C27H36N6O4. The Morgan fingerprint density at radius 1 is 1.11 bits per heavy atom. The van der Waals surface area contributed by atoms with Crippen LogP contribution in [0.1, 0.15) is 42.5 Å². The molecular weight excluding hydrogens is 472 g/mol. The van der Waals surface area contributed by atoms with Crippen LogP contribution in [0.3, 0.4) is 0 Å². The highest BCUT2D eigenvalue weighted by Gasteiger charge is 2.16. The number of piperidine rings is 1. The molecule has 1 aliphatic heterocycles. The molecule has 0 saturated carbocycles. The third kappa shape index (κ3) is 8.38. The highest BCUT2D eigenvalue weighted by Crippen LogP contribution is 2.25. The third-order valence-corrected chi connectivity index (χ3v) is 6.43. The zero-order valence-electron chi connectivity index (χ0n) is 21.9. The maximum Gasteiger partial charge on any atom is 0.328 e. The molecule has 0 aliphatic carbocycles. The Morgan fingerprint density at radius 2 is 1.78 bits per heavy atom. The minimum Gasteiger partial charge on any atom is -0.478 e. The van der Waals surface area contributed by atoms with Crippen molar-refractivity contribution >= 4 is 28.9 Å². The number of fused-ring (bicyclic) bond motifs is 1. The number of rotatable bonds is 8. The SMILES string of the molecule is Cc1cc(C)c2nc(-c3cnc(NCCCC4CCN(C)CC4)nc3C)[nH]c2c1.O=C(O)/C=C/C(=O)O. The highest BCUT2D eigenvalue weighted by atomic mass is 16.4. The van der Waals surface area contributed by atoms with E-state index in [1.54, 1.807) is 0 Å². The Labute approximate surface area is 216 Å². The molecule has 3 aromatic rings. The number of likely N-dealkylation sites (tertiary alicyclic amines) is 1. The summed E-state index contributed by atoms with van der Waals surface area (Å²) in [6.07, 6.45) is 8.11. The van der Waals surface area contributed by atoms with E-state index >= 15 is 0 Å². The van der Waals surface area contributed by atoms with Gasteiger partial charge in [-0.3, -0.25) is 0 Å². The second-order valence-corrected chi connectivity index (χ2v) is 9.58. The van der Waals surface area contributed by atoms with Gasteiger partial charge in [0.25, 0.3) is 0 Å². The van der Waals surface area contributed by atoms with Crippen molar-refractivity contribution in [1.82, 2.24) is 24.8 Å². The van der Waals surface area contributed by atoms with E-state index in [4.69, 9.17) is 15.2 Å². The number of benzene rings is 1. The van der Waals surface area contributed by atoms with Crippen molar-refractivity contribution in [1.29, 1.82) is 0 Å². The number of aliphatic carboxylic acids is 2. The first kappa shape index (κ1) is 27.8. The Kier molecular flexibility index (Phi) is 9.73. The van der Waals surface area contributed by atoms with Crippen molar-refractivity contribution in [2.75, 3.05) is 32.0 Å². The van der Waals surface area contributed by atoms with Crippen molar-refractivity contribution in [3.8, 4) is 11.4 Å². The number of H-pyrrole nitrogens is 1. The van der Waals surface area contributed by atoms with Gasteiger partial charge in [0.1, 0.15) is 5.82 Å². The fourth-order valence-electron chi connectivity index (χ4n) is 4.47. The first-order valence-corrected chi connectivity index (χ1v) is 12.5. The summed E-state index contributed by atoms with van der Waals surface area (Å²) >= 11 is 0. The number of carboxylic acid groups (broad SMARTS) is 2. The second kappa shape index (κ2) is 13.0. The van der Waals surface area contributed by atoms with Crippen molar-refractivity contribution in [2.45, 2.75) is 46.5 Å². The molecule has 0 spiro atoms. The summed E-state index contributed by atoms with van der Waals surface area (Å²) in [6.45, 7) is 9.63. The lowest BCUT2D eigenvalue weighted by Gasteiger charge is -2.28. The predicted octanol–water partition coefficient (Wildman–Crippen LogP) is 4.19. The van der Waals surface area contributed by atoms with E-state index in [1.807, 2.05) is 13.1 Å². The quantitative estimate of drug-likeness (QED) is 0.260. The van der Waals surface area contributed by atoms with Gasteiger partial charge in [-0.1, -0.05) is 6.07 Å². The number of hydrogen-bond acceptors (Lipinski definition) is 7. The van der Waals surface area contributed by atoms with Crippen molar-refractivity contribution in [3.05, 3.63) is 47.3 Å². The minimum absolute atomic E-state index is 0.558. The highest BCUT2D eigenvalue weighted by molar-refractivity contribution is 5.89. The van der Waals surface area contributed by atoms with Crippen molar-refractivity contribution in [2.24, 2.45) is 5.92 Å². The average Bonchev–Trinajstić information content (AvgIpc) is 3.26. The molecule has 0 atom stereocenters. The number of nitrogens with one attached hydrogen (secondary N) is 2. The molecule has 0 amide bonds. The van der Waals surface area contributed by atoms with Crippen LogP contribution < -0.4 is 5.32 Å². The van der Waals surface area contributed by atoms with Gasteiger partial charge in [-0.2, -0.15) is 0 Å². The molecule has 0 radical (unpaired) electrons. The number of anilines is 1. The van der Waals surface area contributed by atoms with E-state index in [1.165, 1.54) is 49.9 Å². The number of aryl methyl sites for hydroxylation is 3. The molecule has 2 aromatic heterocycles. The monoisotopic (exact) mass is 508 g/mol. The molecule has 10 heteroatoms. The summed E-state index contributed by atoms with van der Waals surface area (Å²) in [7, 11) is 2.22. The third-order valence-electron chi connectivity index (χ3n) is 6.43. The number of hydrogen-bond donors (Lipinski definition) is 4. The van der Waals surface area contributed by atoms with Crippen LogP contribution in [-0.4, -0.2) is 73.7 Å². The van der Waals surface area contributed by atoms with Crippen molar-refractivity contribution < 1.29 is 19.8 Å². The van der Waals surface area contributed by atoms with Gasteiger partial charge in [-0.05, 0) is 89.7 Å². The van der Waals surface area contributed by atoms with E-state index in [2.05, 4.69) is 58.2 Å². The van der Waals surface area contributed by atoms with Crippen LogP contribution in [0.15, 0.2) is 30.5 Å². The molecule has 10 nitrogen and oxygen atoms in total. The van der Waals surface area contributed by atoms with Crippen LogP contribution in [0.4, 0.5) is 5.95 Å². The summed E-state index contributed by atoms with van der Waals surface area (Å²) in [5.41, 5.74) is 6.39. The number of carbonyl (C=O) groups is 2. The summed E-state index contributed by atoms with van der Waals surface area (Å²) < 4.78 is 0. The first-order valence-electron chi connectivity index (χ1n) is 12.5. The molecule has 37 heavy (non-hydrogen) atoms. The van der Waals surface area contributed by atoms with Crippen LogP contribution in [0.25, 0.3) is 22.4 Å².